The van der Waals surface area contributed by atoms with Crippen molar-refractivity contribution in [1.82, 2.24) is 9.97 Å². The van der Waals surface area contributed by atoms with Gasteiger partial charge < -0.3 is 4.42 Å². The molecule has 0 radical (unpaired) electrons. The van der Waals surface area contributed by atoms with Crippen LogP contribution in [0.1, 0.15) is 23.6 Å². The molecule has 9 aromatic carbocycles. The highest BCUT2D eigenvalue weighted by Gasteiger charge is 2.42. The molecule has 3 nitrogen and oxygen atoms in total. The number of aromatic nitrogens is 2. The van der Waals surface area contributed by atoms with Crippen LogP contribution in [0.2, 0.25) is 0 Å². The van der Waals surface area contributed by atoms with Gasteiger partial charge in [0.1, 0.15) is 11.2 Å². The third-order valence-corrected chi connectivity index (χ3v) is 13.0. The highest BCUT2D eigenvalue weighted by Crippen LogP contribution is 2.56. The van der Waals surface area contributed by atoms with E-state index in [0.29, 0.717) is 5.82 Å². The van der Waals surface area contributed by atoms with Gasteiger partial charge in [0.25, 0.3) is 0 Å². The number of hydrogen-bond donors (Lipinski definition) is 0. The highest BCUT2D eigenvalue weighted by molar-refractivity contribution is 6.06. The number of para-hydroxylation sites is 1. The van der Waals surface area contributed by atoms with Crippen molar-refractivity contribution in [2.75, 3.05) is 0 Å². The van der Waals surface area contributed by atoms with Crippen molar-refractivity contribution in [1.29, 1.82) is 0 Å². The predicted molar refractivity (Wildman–Crippen MR) is 259 cm³/mol. The van der Waals surface area contributed by atoms with E-state index in [0.717, 1.165) is 66.7 Å². The molecule has 0 fully saturated rings. The van der Waals surface area contributed by atoms with E-state index in [9.17, 15) is 0 Å². The molecule has 1 aliphatic carbocycles. The Labute approximate surface area is 366 Å². The third-order valence-electron chi connectivity index (χ3n) is 13.0. The predicted octanol–water partition coefficient (Wildman–Crippen LogP) is 15.7. The summed E-state index contributed by atoms with van der Waals surface area (Å²) in [5.74, 6) is 0.691. The van der Waals surface area contributed by atoms with E-state index in [1.54, 1.807) is 0 Å². The molecule has 12 rings (SSSR count). The Morgan fingerprint density at radius 2 is 0.921 bits per heavy atom. The highest BCUT2D eigenvalue weighted by atomic mass is 16.3. The van der Waals surface area contributed by atoms with Crippen LogP contribution < -0.4 is 0 Å². The lowest BCUT2D eigenvalue weighted by molar-refractivity contribution is 0.669. The maximum Gasteiger partial charge on any atom is 0.160 e. The van der Waals surface area contributed by atoms with Crippen LogP contribution in [-0.4, -0.2) is 9.97 Å². The van der Waals surface area contributed by atoms with Gasteiger partial charge in [0.2, 0.25) is 0 Å². The Morgan fingerprint density at radius 1 is 0.349 bits per heavy atom. The molecule has 0 spiro atoms. The second-order valence-electron chi connectivity index (χ2n) is 16.6. The van der Waals surface area contributed by atoms with Gasteiger partial charge in [0, 0.05) is 32.9 Å². The van der Waals surface area contributed by atoms with Crippen LogP contribution >= 0.6 is 0 Å². The lowest BCUT2D eigenvalue weighted by Crippen LogP contribution is -2.22. The molecule has 0 aliphatic heterocycles. The van der Waals surface area contributed by atoms with Gasteiger partial charge in [0.15, 0.2) is 5.82 Å². The van der Waals surface area contributed by atoms with E-state index in [1.807, 2.05) is 30.3 Å². The Morgan fingerprint density at radius 3 is 1.71 bits per heavy atom. The van der Waals surface area contributed by atoms with Gasteiger partial charge in [-0.05, 0) is 105 Å². The van der Waals surface area contributed by atoms with Gasteiger partial charge >= 0.3 is 0 Å². The van der Waals surface area contributed by atoms with Crippen molar-refractivity contribution in [3.05, 3.63) is 241 Å². The average molecular weight is 805 g/mol. The molecule has 0 N–H and O–H groups in total. The molecule has 296 valence electrons. The maximum atomic E-state index is 6.22. The lowest BCUT2D eigenvalue weighted by Gasteiger charge is -2.29. The molecule has 11 aromatic rings. The third kappa shape index (κ3) is 6.20. The first kappa shape index (κ1) is 36.7. The summed E-state index contributed by atoms with van der Waals surface area (Å²) in [5.41, 5.74) is 19.7. The molecule has 1 aliphatic rings. The molecule has 0 bridgehead atoms. The Kier molecular flexibility index (Phi) is 8.62. The zero-order chi connectivity index (χ0) is 41.9. The number of furan rings is 1. The summed E-state index contributed by atoms with van der Waals surface area (Å²) in [6.07, 6.45) is 0. The second kappa shape index (κ2) is 14.8. The normalized spacial score (nSPS) is 14.2. The molecule has 63 heavy (non-hydrogen) atoms. The summed E-state index contributed by atoms with van der Waals surface area (Å²) in [7, 11) is 0. The van der Waals surface area contributed by atoms with Gasteiger partial charge in [0.05, 0.1) is 11.4 Å². The van der Waals surface area contributed by atoms with Gasteiger partial charge in [-0.2, -0.15) is 0 Å². The van der Waals surface area contributed by atoms with Crippen molar-refractivity contribution in [2.24, 2.45) is 0 Å². The summed E-state index contributed by atoms with van der Waals surface area (Å²) in [4.78, 5) is 10.4. The smallest absolute Gasteiger partial charge is 0.160 e. The van der Waals surface area contributed by atoms with E-state index in [1.165, 1.54) is 44.5 Å². The summed E-state index contributed by atoms with van der Waals surface area (Å²) >= 11 is 0. The first-order chi connectivity index (χ1) is 31.1. The van der Waals surface area contributed by atoms with Crippen molar-refractivity contribution < 1.29 is 4.42 Å². The minimum Gasteiger partial charge on any atom is -0.456 e. The van der Waals surface area contributed by atoms with E-state index in [2.05, 4.69) is 201 Å². The first-order valence-electron chi connectivity index (χ1n) is 21.6. The molecule has 1 atom stereocenters. The zero-order valence-electron chi connectivity index (χ0n) is 34.7. The van der Waals surface area contributed by atoms with Crippen LogP contribution in [0.5, 0.6) is 0 Å². The summed E-state index contributed by atoms with van der Waals surface area (Å²) in [6.45, 7) is 2.39. The average Bonchev–Trinajstić information content (AvgIpc) is 3.87. The van der Waals surface area contributed by atoms with Crippen molar-refractivity contribution in [3.8, 4) is 78.4 Å². The van der Waals surface area contributed by atoms with Crippen LogP contribution in [-0.2, 0) is 5.41 Å². The summed E-state index contributed by atoms with van der Waals surface area (Å²) in [6, 6.07) is 80.1. The van der Waals surface area contributed by atoms with E-state index in [-0.39, 0.29) is 5.41 Å². The Balaban J connectivity index is 0.940. The zero-order valence-corrected chi connectivity index (χ0v) is 34.7. The molecular formula is C60H40N2O. The molecule has 2 aromatic heterocycles. The fourth-order valence-electron chi connectivity index (χ4n) is 9.76. The largest absolute Gasteiger partial charge is 0.456 e. The number of benzene rings is 9. The van der Waals surface area contributed by atoms with Gasteiger partial charge in [-0.3, -0.25) is 0 Å². The number of fused-ring (bicyclic) bond motifs is 6. The van der Waals surface area contributed by atoms with Crippen LogP contribution in [0.25, 0.3) is 100 Å². The van der Waals surface area contributed by atoms with Crippen LogP contribution in [0, 0.1) is 0 Å². The minimum atomic E-state index is -0.341. The van der Waals surface area contributed by atoms with Crippen molar-refractivity contribution in [3.63, 3.8) is 0 Å². The van der Waals surface area contributed by atoms with Gasteiger partial charge in [-0.25, -0.2) is 9.97 Å². The molecule has 0 saturated heterocycles. The summed E-state index contributed by atoms with van der Waals surface area (Å²) < 4.78 is 6.22. The van der Waals surface area contributed by atoms with Crippen LogP contribution in [0.4, 0.5) is 0 Å². The lowest BCUT2D eigenvalue weighted by atomic mass is 9.73. The van der Waals surface area contributed by atoms with Gasteiger partial charge in [-0.1, -0.05) is 188 Å². The number of hydrogen-bond acceptors (Lipinski definition) is 3. The van der Waals surface area contributed by atoms with E-state index in [4.69, 9.17) is 14.4 Å². The maximum absolute atomic E-state index is 6.22. The molecule has 3 heteroatoms. The van der Waals surface area contributed by atoms with E-state index >= 15 is 0 Å². The number of nitrogens with zero attached hydrogens (tertiary/aromatic N) is 2. The standard InChI is InChI=1S/C60H40N2O/c1-60(47-21-9-4-10-22-47)52-25-14-24-48(40-15-5-2-6-16-40)58(52)51-34-32-44(36-53(51)60)43-19-13-20-46(35-43)55-38-54(61-59(62-55)42-17-7-3-8-18-42)41-29-27-39(28-30-41)45-31-33-50-49-23-11-12-26-56(49)63-57(50)37-45/h2-38H,1H3. The summed E-state index contributed by atoms with van der Waals surface area (Å²) in [5, 5.41) is 2.26. The Bertz CT molecular complexity index is 3500. The molecule has 0 amide bonds. The Hall–Kier alpha value is -8.14. The first-order valence-corrected chi connectivity index (χ1v) is 21.6. The molecule has 2 heterocycles. The van der Waals surface area contributed by atoms with Crippen LogP contribution in [0.15, 0.2) is 229 Å². The minimum absolute atomic E-state index is 0.341. The quantitative estimate of drug-likeness (QED) is 0.161. The monoisotopic (exact) mass is 804 g/mol. The fourth-order valence-corrected chi connectivity index (χ4v) is 9.76. The molecule has 1 unspecified atom stereocenters. The van der Waals surface area contributed by atoms with Gasteiger partial charge in [-0.15, -0.1) is 0 Å². The molecular weight excluding hydrogens is 765 g/mol. The van der Waals surface area contributed by atoms with Crippen LogP contribution in [0.3, 0.4) is 0 Å². The molecule has 0 saturated carbocycles. The number of rotatable bonds is 7. The fraction of sp³-hybridized carbons (Fsp3) is 0.0333. The van der Waals surface area contributed by atoms with Crippen molar-refractivity contribution in [2.45, 2.75) is 12.3 Å². The topological polar surface area (TPSA) is 38.9 Å². The SMILES string of the molecule is CC1(c2ccccc2)c2cc(-c3cccc(-c4cc(-c5ccc(-c6ccc7c(c6)oc6ccccc67)cc5)nc(-c5ccccc5)n4)c3)ccc2-c2c(-c3ccccc3)cccc21. The second-order valence-corrected chi connectivity index (χ2v) is 16.6. The van der Waals surface area contributed by atoms with E-state index < -0.39 is 0 Å². The van der Waals surface area contributed by atoms with Crippen molar-refractivity contribution >= 4 is 21.9 Å².